The molecule has 1 heterocycles. The Kier molecular flexibility index (Phi) is 6.76. The van der Waals surface area contributed by atoms with Gasteiger partial charge in [0.15, 0.2) is 5.78 Å². The van der Waals surface area contributed by atoms with E-state index >= 15 is 0 Å². The first-order chi connectivity index (χ1) is 14.5. The molecule has 9 heteroatoms. The van der Waals surface area contributed by atoms with Gasteiger partial charge in [-0.2, -0.15) is 13.2 Å². The predicted molar refractivity (Wildman–Crippen MR) is 109 cm³/mol. The van der Waals surface area contributed by atoms with E-state index in [1.54, 1.807) is 35.2 Å². The molecular formula is C22H23ClF4N2O2. The van der Waals surface area contributed by atoms with E-state index in [0.717, 1.165) is 12.1 Å². The molecule has 1 atom stereocenters. The third kappa shape index (κ3) is 4.77. The van der Waals surface area contributed by atoms with Crippen LogP contribution in [0.5, 0.6) is 0 Å². The number of Topliss-reactive ketones (excluding diaryl/α,β-unsaturated/α-hetero) is 1. The van der Waals surface area contributed by atoms with Gasteiger partial charge in [0.1, 0.15) is 5.66 Å². The Morgan fingerprint density at radius 3 is 2.29 bits per heavy atom. The Bertz CT molecular complexity index is 931. The molecule has 1 fully saturated rings. The quantitative estimate of drug-likeness (QED) is 0.492. The molecule has 31 heavy (non-hydrogen) atoms. The number of likely N-dealkylation sites (tertiary alicyclic amines) is 1. The topological polar surface area (TPSA) is 66.6 Å². The molecule has 0 bridgehead atoms. The van der Waals surface area contributed by atoms with Crippen LogP contribution in [-0.2, 0) is 11.8 Å². The second-order valence-electron chi connectivity index (χ2n) is 7.77. The van der Waals surface area contributed by atoms with Crippen LogP contribution in [0.4, 0.5) is 17.6 Å². The number of hydrogen-bond acceptors (Lipinski definition) is 4. The predicted octanol–water partition coefficient (Wildman–Crippen LogP) is 4.54. The fourth-order valence-corrected chi connectivity index (χ4v) is 4.22. The van der Waals surface area contributed by atoms with Gasteiger partial charge < -0.3 is 10.8 Å². The Labute approximate surface area is 182 Å². The van der Waals surface area contributed by atoms with Crippen molar-refractivity contribution in [2.75, 3.05) is 19.8 Å². The average molecular weight is 459 g/mol. The molecular weight excluding hydrogens is 436 g/mol. The van der Waals surface area contributed by atoms with Crippen LogP contribution in [-0.4, -0.2) is 41.2 Å². The fraction of sp³-hybridized carbons (Fsp3) is 0.409. The summed E-state index contributed by atoms with van der Waals surface area (Å²) in [6, 6.07) is 11.6. The van der Waals surface area contributed by atoms with Crippen LogP contribution in [0.3, 0.4) is 0 Å². The van der Waals surface area contributed by atoms with Crippen molar-refractivity contribution in [3.05, 3.63) is 70.2 Å². The van der Waals surface area contributed by atoms with Crippen molar-refractivity contribution in [2.45, 2.75) is 36.7 Å². The lowest BCUT2D eigenvalue weighted by molar-refractivity contribution is -0.137. The van der Waals surface area contributed by atoms with E-state index in [2.05, 4.69) is 0 Å². The molecule has 4 nitrogen and oxygen atoms in total. The van der Waals surface area contributed by atoms with E-state index < -0.39 is 40.5 Å². The summed E-state index contributed by atoms with van der Waals surface area (Å²) in [4.78, 5) is 14.6. The molecule has 3 N–H and O–H groups in total. The van der Waals surface area contributed by atoms with Gasteiger partial charge in [0.2, 0.25) is 0 Å². The number of carbonyl (C=O) groups excluding carboxylic acids is 1. The highest BCUT2D eigenvalue weighted by atomic mass is 35.5. The number of halogens is 5. The number of nitrogens with zero attached hydrogens (tertiary/aromatic N) is 1. The molecule has 0 aromatic heterocycles. The van der Waals surface area contributed by atoms with E-state index in [-0.39, 0.29) is 37.9 Å². The summed E-state index contributed by atoms with van der Waals surface area (Å²) >= 11 is 5.68. The monoisotopic (exact) mass is 458 g/mol. The number of aliphatic hydroxyl groups is 1. The number of benzene rings is 2. The van der Waals surface area contributed by atoms with Crippen molar-refractivity contribution in [2.24, 2.45) is 5.73 Å². The summed E-state index contributed by atoms with van der Waals surface area (Å²) in [5, 5.41) is 10.6. The molecule has 1 aliphatic rings. The number of nitrogens with two attached hydrogens (primary N) is 1. The summed E-state index contributed by atoms with van der Waals surface area (Å²) in [6.45, 7) is -0.604. The highest BCUT2D eigenvalue weighted by Gasteiger charge is 2.45. The van der Waals surface area contributed by atoms with Crippen molar-refractivity contribution in [3.63, 3.8) is 0 Å². The average Bonchev–Trinajstić information content (AvgIpc) is 2.73. The van der Waals surface area contributed by atoms with Gasteiger partial charge in [-0.15, -0.1) is 0 Å². The Hall–Kier alpha value is -2.00. The van der Waals surface area contributed by atoms with E-state index in [0.29, 0.717) is 5.56 Å². The third-order valence-electron chi connectivity index (χ3n) is 5.87. The molecule has 1 saturated heterocycles. The maximum Gasteiger partial charge on any atom is 0.417 e. The maximum atomic E-state index is 13.3. The van der Waals surface area contributed by atoms with Crippen LogP contribution in [0.2, 0.25) is 5.02 Å². The minimum Gasteiger partial charge on any atom is -0.385 e. The molecule has 0 saturated carbocycles. The summed E-state index contributed by atoms with van der Waals surface area (Å²) in [5.41, 5.74) is 2.62. The van der Waals surface area contributed by atoms with Gasteiger partial charge in [0.25, 0.3) is 0 Å². The van der Waals surface area contributed by atoms with Crippen molar-refractivity contribution in [1.82, 2.24) is 4.90 Å². The van der Waals surface area contributed by atoms with E-state index in [9.17, 15) is 27.5 Å². The Morgan fingerprint density at radius 1 is 1.13 bits per heavy atom. The molecule has 3 rings (SSSR count). The lowest BCUT2D eigenvalue weighted by atomic mass is 9.81. The summed E-state index contributed by atoms with van der Waals surface area (Å²) in [7, 11) is 0. The van der Waals surface area contributed by atoms with Gasteiger partial charge in [0, 0.05) is 25.1 Å². The van der Waals surface area contributed by atoms with Gasteiger partial charge in [-0.3, -0.25) is 14.1 Å². The lowest BCUT2D eigenvalue weighted by Gasteiger charge is -2.46. The van der Waals surface area contributed by atoms with Crippen LogP contribution < -0.4 is 5.73 Å². The molecule has 0 aliphatic carbocycles. The van der Waals surface area contributed by atoms with Gasteiger partial charge >= 0.3 is 6.18 Å². The molecule has 1 unspecified atom stereocenters. The van der Waals surface area contributed by atoms with Crippen molar-refractivity contribution in [1.29, 1.82) is 0 Å². The SMILES string of the molecule is NC(CCF)(C(=O)c1ccccc1)N1CCC(O)(c2ccc(Cl)c(C(F)(F)F)c2)CC1. The minimum atomic E-state index is -4.65. The lowest BCUT2D eigenvalue weighted by Crippen LogP contribution is -2.64. The second kappa shape index (κ2) is 8.86. The van der Waals surface area contributed by atoms with Crippen molar-refractivity contribution in [3.8, 4) is 0 Å². The zero-order valence-corrected chi connectivity index (χ0v) is 17.4. The number of hydrogen-bond donors (Lipinski definition) is 2. The van der Waals surface area contributed by atoms with Crippen LogP contribution >= 0.6 is 11.6 Å². The third-order valence-corrected chi connectivity index (χ3v) is 6.20. The molecule has 0 amide bonds. The maximum absolute atomic E-state index is 13.3. The van der Waals surface area contributed by atoms with Crippen LogP contribution in [0, 0.1) is 0 Å². The van der Waals surface area contributed by atoms with Crippen LogP contribution in [0.15, 0.2) is 48.5 Å². The number of alkyl halides is 4. The van der Waals surface area contributed by atoms with Gasteiger partial charge in [0.05, 0.1) is 22.9 Å². The summed E-state index contributed by atoms with van der Waals surface area (Å²) < 4.78 is 52.9. The summed E-state index contributed by atoms with van der Waals surface area (Å²) in [5.74, 6) is -0.443. The molecule has 0 spiro atoms. The zero-order valence-electron chi connectivity index (χ0n) is 16.6. The smallest absolute Gasteiger partial charge is 0.385 e. The standard InChI is InChI=1S/C22H23ClF4N2O2/c23-18-7-6-16(14-17(18)22(25,26)27)20(31)9-12-29(13-10-20)21(28,8-11-24)19(30)15-4-2-1-3-5-15/h1-7,14,31H,8-13,28H2. The highest BCUT2D eigenvalue weighted by molar-refractivity contribution is 6.31. The molecule has 1 aliphatic heterocycles. The van der Waals surface area contributed by atoms with E-state index in [1.165, 1.54) is 6.07 Å². The first-order valence-corrected chi connectivity index (χ1v) is 10.2. The largest absolute Gasteiger partial charge is 0.417 e. The number of piperidine rings is 1. The fourth-order valence-electron chi connectivity index (χ4n) is 4.00. The number of ketones is 1. The van der Waals surface area contributed by atoms with Crippen molar-refractivity contribution >= 4 is 17.4 Å². The molecule has 2 aromatic carbocycles. The van der Waals surface area contributed by atoms with E-state index in [1.807, 2.05) is 0 Å². The highest BCUT2D eigenvalue weighted by Crippen LogP contribution is 2.40. The van der Waals surface area contributed by atoms with Crippen molar-refractivity contribution < 1.29 is 27.5 Å². The number of carbonyl (C=O) groups is 1. The Balaban J connectivity index is 1.83. The van der Waals surface area contributed by atoms with Crippen LogP contribution in [0.25, 0.3) is 0 Å². The normalized spacial score (nSPS) is 19.1. The number of rotatable bonds is 6. The van der Waals surface area contributed by atoms with Gasteiger partial charge in [-0.05, 0) is 30.5 Å². The first-order valence-electron chi connectivity index (χ1n) is 9.81. The zero-order chi connectivity index (χ0) is 22.9. The van der Waals surface area contributed by atoms with E-state index in [4.69, 9.17) is 17.3 Å². The minimum absolute atomic E-state index is 0.0270. The molecule has 168 valence electrons. The second-order valence-corrected chi connectivity index (χ2v) is 8.18. The van der Waals surface area contributed by atoms with Crippen LogP contribution in [0.1, 0.15) is 40.7 Å². The molecule has 2 aromatic rings. The van der Waals surface area contributed by atoms with Gasteiger partial charge in [-0.25, -0.2) is 0 Å². The molecule has 0 radical (unpaired) electrons. The Morgan fingerprint density at radius 2 is 1.74 bits per heavy atom. The first kappa shape index (κ1) is 23.7. The van der Waals surface area contributed by atoms with Gasteiger partial charge in [-0.1, -0.05) is 48.0 Å². The summed E-state index contributed by atoms with van der Waals surface area (Å²) in [6.07, 6.45) is -4.84.